The van der Waals surface area contributed by atoms with Crippen LogP contribution in [0.25, 0.3) is 0 Å². The van der Waals surface area contributed by atoms with Gasteiger partial charge in [0.05, 0.1) is 17.6 Å². The van der Waals surface area contributed by atoms with Crippen LogP contribution in [0.1, 0.15) is 17.3 Å². The number of ether oxygens (including phenoxy) is 1. The molecular weight excluding hydrogens is 384 g/mol. The lowest BCUT2D eigenvalue weighted by Gasteiger charge is -2.21. The van der Waals surface area contributed by atoms with Crippen molar-refractivity contribution in [2.24, 2.45) is 0 Å². The Morgan fingerprint density at radius 3 is 2.07 bits per heavy atom. The molecule has 0 spiro atoms. The monoisotopic (exact) mass is 406 g/mol. The zero-order valence-corrected chi connectivity index (χ0v) is 16.8. The van der Waals surface area contributed by atoms with Crippen LogP contribution < -0.4 is 4.90 Å². The third-order valence-electron chi connectivity index (χ3n) is 4.09. The van der Waals surface area contributed by atoms with Gasteiger partial charge in [0.15, 0.2) is 6.10 Å². The third kappa shape index (κ3) is 4.75. The van der Waals surface area contributed by atoms with Gasteiger partial charge in [0, 0.05) is 19.8 Å². The number of likely N-dealkylation sites (N-methyl/N-ethyl adjacent to an activating group) is 1. The minimum Gasteiger partial charge on any atom is -0.449 e. The van der Waals surface area contributed by atoms with Crippen molar-refractivity contribution in [1.29, 1.82) is 0 Å². The fourth-order valence-electron chi connectivity index (χ4n) is 2.34. The molecule has 1 atom stereocenters. The number of carbonyl (C=O) groups is 2. The third-order valence-corrected chi connectivity index (χ3v) is 5.78. The average Bonchev–Trinajstić information content (AvgIpc) is 2.72. The summed E-state index contributed by atoms with van der Waals surface area (Å²) in [6, 6.07) is 14.1. The minimum absolute atomic E-state index is 0.0404. The van der Waals surface area contributed by atoms with Crippen molar-refractivity contribution in [3.8, 4) is 0 Å². The maximum atomic E-state index is 12.5. The van der Waals surface area contributed by atoms with Crippen molar-refractivity contribution >= 4 is 27.6 Å². The molecule has 28 heavy (non-hydrogen) atoms. The topological polar surface area (TPSA) is 93.2 Å². The molecule has 1 amide bonds. The number of anilines is 1. The summed E-state index contributed by atoms with van der Waals surface area (Å²) in [5, 5.41) is 0. The van der Waals surface area contributed by atoms with Gasteiger partial charge < -0.3 is 9.64 Å². The molecular formula is C19H22N2O6S. The predicted octanol–water partition coefficient (Wildman–Crippen LogP) is 2.08. The van der Waals surface area contributed by atoms with Crippen LogP contribution in [0.3, 0.4) is 0 Å². The van der Waals surface area contributed by atoms with Crippen LogP contribution in [0.15, 0.2) is 59.5 Å². The number of rotatable bonds is 7. The van der Waals surface area contributed by atoms with Gasteiger partial charge in [-0.1, -0.05) is 22.7 Å². The van der Waals surface area contributed by atoms with Gasteiger partial charge in [0.2, 0.25) is 0 Å². The summed E-state index contributed by atoms with van der Waals surface area (Å²) in [6.45, 7) is 1.48. The molecule has 0 N–H and O–H groups in total. The van der Waals surface area contributed by atoms with Crippen molar-refractivity contribution in [1.82, 2.24) is 4.47 Å². The van der Waals surface area contributed by atoms with E-state index < -0.39 is 22.1 Å². The van der Waals surface area contributed by atoms with Gasteiger partial charge in [-0.05, 0) is 43.3 Å². The molecule has 0 aliphatic carbocycles. The molecule has 0 fully saturated rings. The summed E-state index contributed by atoms with van der Waals surface area (Å²) in [6.07, 6.45) is -1.01. The Balaban J connectivity index is 2.07. The van der Waals surface area contributed by atoms with Crippen molar-refractivity contribution in [2.75, 3.05) is 26.1 Å². The van der Waals surface area contributed by atoms with E-state index in [1.54, 1.807) is 31.3 Å². The van der Waals surface area contributed by atoms with Crippen LogP contribution in [-0.2, 0) is 24.4 Å². The van der Waals surface area contributed by atoms with E-state index in [0.717, 1.165) is 0 Å². The molecule has 0 aliphatic heterocycles. The van der Waals surface area contributed by atoms with Crippen LogP contribution in [0.2, 0.25) is 0 Å². The number of hydrogen-bond acceptors (Lipinski definition) is 6. The second-order valence-electron chi connectivity index (χ2n) is 5.90. The lowest BCUT2D eigenvalue weighted by molar-refractivity contribution is -0.126. The number of hydrogen-bond donors (Lipinski definition) is 0. The minimum atomic E-state index is -3.81. The van der Waals surface area contributed by atoms with Gasteiger partial charge in [-0.15, -0.1) is 0 Å². The normalized spacial score (nSPS) is 12.5. The Morgan fingerprint density at radius 1 is 0.964 bits per heavy atom. The average molecular weight is 406 g/mol. The van der Waals surface area contributed by atoms with Crippen molar-refractivity contribution in [2.45, 2.75) is 17.9 Å². The Labute approximate surface area is 164 Å². The van der Waals surface area contributed by atoms with Crippen LogP contribution >= 0.6 is 0 Å². The van der Waals surface area contributed by atoms with Crippen LogP contribution in [-0.4, -0.2) is 52.1 Å². The highest BCUT2D eigenvalue weighted by Gasteiger charge is 2.24. The van der Waals surface area contributed by atoms with Gasteiger partial charge in [-0.2, -0.15) is 0 Å². The lowest BCUT2D eigenvalue weighted by Crippen LogP contribution is -2.37. The summed E-state index contributed by atoms with van der Waals surface area (Å²) in [4.78, 5) is 30.8. The molecule has 0 aliphatic rings. The fraction of sp³-hybridized carbons (Fsp3) is 0.263. The molecule has 2 aromatic carbocycles. The molecule has 8 nitrogen and oxygen atoms in total. The van der Waals surface area contributed by atoms with Gasteiger partial charge in [0.1, 0.15) is 0 Å². The number of para-hydroxylation sites is 1. The summed E-state index contributed by atoms with van der Waals surface area (Å²) in [5.41, 5.74) is 0.799. The molecule has 0 heterocycles. The van der Waals surface area contributed by atoms with Crippen LogP contribution in [0.5, 0.6) is 0 Å². The van der Waals surface area contributed by atoms with Crippen LogP contribution in [0.4, 0.5) is 5.69 Å². The molecule has 2 aromatic rings. The van der Waals surface area contributed by atoms with E-state index in [1.807, 2.05) is 6.07 Å². The maximum absolute atomic E-state index is 12.5. The SMILES string of the molecule is CON(C)S(=O)(=O)c1ccc(C(=O)O[C@H](C)C(=O)N(C)c2ccccc2)cc1. The van der Waals surface area contributed by atoms with E-state index in [1.165, 1.54) is 50.2 Å². The molecule has 2 rings (SSSR count). The first-order valence-electron chi connectivity index (χ1n) is 8.35. The van der Waals surface area contributed by atoms with Crippen molar-refractivity contribution < 1.29 is 27.6 Å². The van der Waals surface area contributed by atoms with E-state index in [0.29, 0.717) is 10.2 Å². The van der Waals surface area contributed by atoms with E-state index in [2.05, 4.69) is 0 Å². The number of sulfonamides is 1. The molecule has 0 unspecified atom stereocenters. The van der Waals surface area contributed by atoms with Gasteiger partial charge in [0.25, 0.3) is 15.9 Å². The smallest absolute Gasteiger partial charge is 0.338 e. The Hall–Kier alpha value is -2.75. The van der Waals surface area contributed by atoms with Gasteiger partial charge >= 0.3 is 5.97 Å². The Kier molecular flexibility index (Phi) is 6.90. The standard InChI is InChI=1S/C19H22N2O6S/c1-14(18(22)20(2)16-8-6-5-7-9-16)27-19(23)15-10-12-17(13-11-15)28(24,25)21(3)26-4/h5-14H,1-4H3/t14-/m1/s1. The summed E-state index contributed by atoms with van der Waals surface area (Å²) < 4.78 is 30.2. The number of hydroxylamine groups is 1. The molecule has 0 saturated carbocycles. The largest absolute Gasteiger partial charge is 0.449 e. The lowest BCUT2D eigenvalue weighted by atomic mass is 10.2. The Morgan fingerprint density at radius 2 is 1.54 bits per heavy atom. The zero-order valence-electron chi connectivity index (χ0n) is 16.0. The molecule has 150 valence electrons. The summed E-state index contributed by atoms with van der Waals surface area (Å²) >= 11 is 0. The number of amides is 1. The molecule has 0 saturated heterocycles. The first-order valence-corrected chi connectivity index (χ1v) is 9.79. The first-order chi connectivity index (χ1) is 13.2. The van der Waals surface area contributed by atoms with E-state index in [4.69, 9.17) is 9.57 Å². The number of benzene rings is 2. The molecule has 0 radical (unpaired) electrons. The predicted molar refractivity (Wildman–Crippen MR) is 103 cm³/mol. The van der Waals surface area contributed by atoms with Crippen molar-refractivity contribution in [3.63, 3.8) is 0 Å². The summed E-state index contributed by atoms with van der Waals surface area (Å²) in [7, 11) is 0.268. The highest BCUT2D eigenvalue weighted by Crippen LogP contribution is 2.17. The number of carbonyl (C=O) groups excluding carboxylic acids is 2. The fourth-order valence-corrected chi connectivity index (χ4v) is 3.31. The number of nitrogens with zero attached hydrogens (tertiary/aromatic N) is 2. The van der Waals surface area contributed by atoms with Gasteiger partial charge in [-0.3, -0.25) is 9.63 Å². The van der Waals surface area contributed by atoms with E-state index >= 15 is 0 Å². The maximum Gasteiger partial charge on any atom is 0.338 e. The highest BCUT2D eigenvalue weighted by molar-refractivity contribution is 7.89. The Bertz CT molecular complexity index is 929. The number of esters is 1. The molecule has 9 heteroatoms. The second kappa shape index (κ2) is 8.96. The van der Waals surface area contributed by atoms with Crippen molar-refractivity contribution in [3.05, 3.63) is 60.2 Å². The van der Waals surface area contributed by atoms with Gasteiger partial charge in [-0.25, -0.2) is 13.2 Å². The first kappa shape index (κ1) is 21.5. The van der Waals surface area contributed by atoms with Crippen LogP contribution in [0, 0.1) is 0 Å². The summed E-state index contributed by atoms with van der Waals surface area (Å²) in [5.74, 6) is -1.12. The quantitative estimate of drug-likeness (QED) is 0.516. The molecule has 0 bridgehead atoms. The second-order valence-corrected chi connectivity index (χ2v) is 7.84. The highest BCUT2D eigenvalue weighted by atomic mass is 32.2. The molecule has 0 aromatic heterocycles. The zero-order chi connectivity index (χ0) is 20.9. The van der Waals surface area contributed by atoms with E-state index in [-0.39, 0.29) is 16.4 Å². The van der Waals surface area contributed by atoms with E-state index in [9.17, 15) is 18.0 Å².